The molecule has 0 aliphatic heterocycles. The van der Waals surface area contributed by atoms with E-state index in [0.717, 1.165) is 31.4 Å². The normalized spacial score (nSPS) is 22.8. The number of rotatable bonds is 7. The number of aliphatic carboxylic acids is 1. The van der Waals surface area contributed by atoms with Crippen LogP contribution in [-0.4, -0.2) is 35.5 Å². The number of pyridine rings is 2. The molecule has 2 bridgehead atoms. The minimum absolute atomic E-state index is 0.0803. The van der Waals surface area contributed by atoms with Gasteiger partial charge in [0.15, 0.2) is 5.03 Å². The Morgan fingerprint density at radius 1 is 0.974 bits per heavy atom. The number of benzene rings is 1. The maximum absolute atomic E-state index is 13.7. The van der Waals surface area contributed by atoms with Crippen LogP contribution in [0, 0.1) is 24.7 Å². The molecule has 2 heterocycles. The number of sulfonamides is 1. The number of hydrogen-bond acceptors (Lipinski definition) is 6. The van der Waals surface area contributed by atoms with E-state index < -0.39 is 39.3 Å². The maximum atomic E-state index is 13.7. The van der Waals surface area contributed by atoms with Crippen LogP contribution in [0.5, 0.6) is 0 Å². The van der Waals surface area contributed by atoms with E-state index in [1.54, 1.807) is 31.2 Å². The molecule has 3 aromatic rings. The van der Waals surface area contributed by atoms with E-state index in [1.165, 1.54) is 18.2 Å². The number of carboxylic acids is 1. The van der Waals surface area contributed by atoms with E-state index in [1.807, 2.05) is 0 Å². The molecule has 1 aromatic carbocycles. The van der Waals surface area contributed by atoms with Crippen molar-refractivity contribution in [3.05, 3.63) is 65.7 Å². The highest BCUT2D eigenvalue weighted by Crippen LogP contribution is 2.49. The van der Waals surface area contributed by atoms with Gasteiger partial charge in [-0.1, -0.05) is 30.3 Å². The van der Waals surface area contributed by atoms with Gasteiger partial charge in [-0.3, -0.25) is 9.52 Å². The number of nitrogens with one attached hydrogen (secondary N) is 2. The Labute approximate surface area is 217 Å². The van der Waals surface area contributed by atoms with Crippen molar-refractivity contribution in [1.82, 2.24) is 9.97 Å². The van der Waals surface area contributed by atoms with Crippen LogP contribution in [0.2, 0.25) is 0 Å². The van der Waals surface area contributed by atoms with Gasteiger partial charge < -0.3 is 10.4 Å². The first kappa shape index (κ1) is 26.0. The van der Waals surface area contributed by atoms with Crippen LogP contribution in [0.3, 0.4) is 0 Å². The van der Waals surface area contributed by atoms with E-state index >= 15 is 0 Å². The number of halogens is 3. The fourth-order valence-corrected chi connectivity index (χ4v) is 6.62. The zero-order valence-corrected chi connectivity index (χ0v) is 21.1. The van der Waals surface area contributed by atoms with Crippen LogP contribution in [0.25, 0.3) is 11.3 Å². The second-order valence-corrected chi connectivity index (χ2v) is 11.4. The summed E-state index contributed by atoms with van der Waals surface area (Å²) in [5, 5.41) is 12.4. The molecular formula is C26H25F3N4O4S. The van der Waals surface area contributed by atoms with Gasteiger partial charge in [0.1, 0.15) is 11.6 Å². The molecule has 8 nitrogen and oxygen atoms in total. The molecule has 4 atom stereocenters. The van der Waals surface area contributed by atoms with Crippen molar-refractivity contribution >= 4 is 27.6 Å². The predicted molar refractivity (Wildman–Crippen MR) is 134 cm³/mol. The highest BCUT2D eigenvalue weighted by molar-refractivity contribution is 7.92. The molecule has 0 amide bonds. The van der Waals surface area contributed by atoms with Gasteiger partial charge in [0.25, 0.3) is 10.0 Å². The maximum Gasteiger partial charge on any atom is 0.418 e. The summed E-state index contributed by atoms with van der Waals surface area (Å²) in [5.74, 6) is -1.31. The Bertz CT molecular complexity index is 1500. The molecule has 12 heteroatoms. The number of aryl methyl sites for hydroxylation is 1. The van der Waals surface area contributed by atoms with E-state index in [9.17, 15) is 31.5 Å². The monoisotopic (exact) mass is 546 g/mol. The zero-order chi connectivity index (χ0) is 27.2. The first-order valence-corrected chi connectivity index (χ1v) is 13.6. The summed E-state index contributed by atoms with van der Waals surface area (Å²) in [6, 6.07) is 12.0. The summed E-state index contributed by atoms with van der Waals surface area (Å²) in [5.41, 5.74) is -0.608. The van der Waals surface area contributed by atoms with E-state index in [-0.39, 0.29) is 40.1 Å². The lowest BCUT2D eigenvalue weighted by Crippen LogP contribution is -2.39. The van der Waals surface area contributed by atoms with Crippen molar-refractivity contribution < 1.29 is 31.5 Å². The fraction of sp³-hybridized carbons (Fsp3) is 0.346. The molecule has 0 unspecified atom stereocenters. The molecule has 5 rings (SSSR count). The molecule has 3 N–H and O–H groups in total. The van der Waals surface area contributed by atoms with Crippen LogP contribution >= 0.6 is 0 Å². The lowest BCUT2D eigenvalue weighted by molar-refractivity contribution is -0.143. The summed E-state index contributed by atoms with van der Waals surface area (Å²) in [6.45, 7) is 1.64. The van der Waals surface area contributed by atoms with Crippen LogP contribution in [0.4, 0.5) is 24.8 Å². The van der Waals surface area contributed by atoms with Crippen molar-refractivity contribution in [1.29, 1.82) is 0 Å². The van der Waals surface area contributed by atoms with Crippen molar-refractivity contribution in [2.45, 2.75) is 43.4 Å². The molecular weight excluding hydrogens is 521 g/mol. The third-order valence-corrected chi connectivity index (χ3v) is 8.61. The van der Waals surface area contributed by atoms with Crippen molar-refractivity contribution in [2.24, 2.45) is 17.8 Å². The van der Waals surface area contributed by atoms with Gasteiger partial charge in [-0.25, -0.2) is 9.97 Å². The number of alkyl halides is 3. The molecule has 2 aliphatic carbocycles. The van der Waals surface area contributed by atoms with Crippen LogP contribution in [-0.2, 0) is 21.0 Å². The van der Waals surface area contributed by atoms with Gasteiger partial charge in [-0.05, 0) is 67.9 Å². The molecule has 2 saturated carbocycles. The molecule has 0 radical (unpaired) electrons. The SMILES string of the molecule is Cc1ccccc1-c1nc(NS(=O)(=O)c2cccc(N[C@H]3[C@@H]4CC[C@@H](C4)[C@H]3C(=O)O)n2)ccc1C(F)(F)F. The minimum Gasteiger partial charge on any atom is -0.481 e. The van der Waals surface area contributed by atoms with Crippen molar-refractivity contribution in [3.8, 4) is 11.3 Å². The highest BCUT2D eigenvalue weighted by atomic mass is 32.2. The summed E-state index contributed by atoms with van der Waals surface area (Å²) in [7, 11) is -4.33. The number of nitrogens with zero attached hydrogens (tertiary/aromatic N) is 2. The average Bonchev–Trinajstić information content (AvgIpc) is 3.45. The zero-order valence-electron chi connectivity index (χ0n) is 20.2. The smallest absolute Gasteiger partial charge is 0.418 e. The predicted octanol–water partition coefficient (Wildman–Crippen LogP) is 5.18. The molecule has 2 aliphatic rings. The summed E-state index contributed by atoms with van der Waals surface area (Å²) < 4.78 is 69.6. The number of aromatic nitrogens is 2. The fourth-order valence-electron chi connectivity index (χ4n) is 5.65. The van der Waals surface area contributed by atoms with Crippen LogP contribution in [0.1, 0.15) is 30.4 Å². The Balaban J connectivity index is 1.43. The van der Waals surface area contributed by atoms with Gasteiger partial charge in [-0.2, -0.15) is 21.6 Å². The third kappa shape index (κ3) is 4.92. The largest absolute Gasteiger partial charge is 0.481 e. The quantitative estimate of drug-likeness (QED) is 0.373. The Kier molecular flexibility index (Phi) is 6.54. The van der Waals surface area contributed by atoms with Crippen molar-refractivity contribution in [2.75, 3.05) is 10.0 Å². The number of fused-ring (bicyclic) bond motifs is 2. The lowest BCUT2D eigenvalue weighted by atomic mass is 9.84. The van der Waals surface area contributed by atoms with Gasteiger partial charge in [-0.15, -0.1) is 0 Å². The number of anilines is 2. The second kappa shape index (κ2) is 9.57. The molecule has 200 valence electrons. The number of hydrogen-bond donors (Lipinski definition) is 3. The van der Waals surface area contributed by atoms with Gasteiger partial charge in [0.05, 0.1) is 17.2 Å². The lowest BCUT2D eigenvalue weighted by Gasteiger charge is -2.29. The van der Waals surface area contributed by atoms with Gasteiger partial charge in [0.2, 0.25) is 0 Å². The number of carbonyl (C=O) groups is 1. The Hall–Kier alpha value is -3.67. The number of carboxylic acid groups (broad SMARTS) is 1. The van der Waals surface area contributed by atoms with Gasteiger partial charge in [0, 0.05) is 11.6 Å². The average molecular weight is 547 g/mol. The van der Waals surface area contributed by atoms with E-state index in [4.69, 9.17) is 0 Å². The topological polar surface area (TPSA) is 121 Å². The highest BCUT2D eigenvalue weighted by Gasteiger charge is 2.51. The Morgan fingerprint density at radius 3 is 2.42 bits per heavy atom. The first-order chi connectivity index (χ1) is 17.9. The molecule has 0 spiro atoms. The van der Waals surface area contributed by atoms with E-state index in [0.29, 0.717) is 5.56 Å². The van der Waals surface area contributed by atoms with Crippen LogP contribution in [0.15, 0.2) is 59.6 Å². The second-order valence-electron chi connectivity index (χ2n) is 9.74. The molecule has 38 heavy (non-hydrogen) atoms. The summed E-state index contributed by atoms with van der Waals surface area (Å²) in [6.07, 6.45) is -2.14. The summed E-state index contributed by atoms with van der Waals surface area (Å²) in [4.78, 5) is 20.0. The van der Waals surface area contributed by atoms with Gasteiger partial charge >= 0.3 is 12.1 Å². The summed E-state index contributed by atoms with van der Waals surface area (Å²) >= 11 is 0. The molecule has 2 aromatic heterocycles. The molecule has 2 fully saturated rings. The Morgan fingerprint density at radius 2 is 1.71 bits per heavy atom. The van der Waals surface area contributed by atoms with Crippen LogP contribution < -0.4 is 10.0 Å². The standard InChI is InChI=1S/C26H25F3N4O4S/c1-14-5-2-3-6-17(14)24-18(26(27,28)29)11-12-20(32-24)33-38(36,37)21-8-4-7-19(30-21)31-23-16-10-9-15(13-16)22(23)25(34)35/h2-8,11-12,15-16,22-23H,9-10,13H2,1H3,(H,30,31)(H,32,33)(H,34,35)/t15-,16+,22+,23-/m0/s1. The van der Waals surface area contributed by atoms with E-state index in [2.05, 4.69) is 20.0 Å². The minimum atomic E-state index is -4.70. The first-order valence-electron chi connectivity index (χ1n) is 12.1. The van der Waals surface area contributed by atoms with Crippen molar-refractivity contribution in [3.63, 3.8) is 0 Å². The molecule has 0 saturated heterocycles. The third-order valence-electron chi connectivity index (χ3n) is 7.35.